The summed E-state index contributed by atoms with van der Waals surface area (Å²) in [4.78, 5) is 16.5. The number of imidazole rings is 1. The van der Waals surface area contributed by atoms with E-state index in [0.717, 1.165) is 16.9 Å². The number of anilines is 1. The molecule has 0 atom stereocenters. The zero-order chi connectivity index (χ0) is 17.8. The summed E-state index contributed by atoms with van der Waals surface area (Å²) in [6, 6.07) is 12.7. The molecule has 3 rings (SSSR count). The first-order valence-electron chi connectivity index (χ1n) is 7.31. The van der Waals surface area contributed by atoms with Crippen LogP contribution in [-0.4, -0.2) is 21.7 Å². The van der Waals surface area contributed by atoms with Gasteiger partial charge < -0.3 is 5.32 Å². The summed E-state index contributed by atoms with van der Waals surface area (Å²) in [5, 5.41) is 12.4. The van der Waals surface area contributed by atoms with E-state index in [-0.39, 0.29) is 11.5 Å². The van der Waals surface area contributed by atoms with Crippen molar-refractivity contribution in [3.63, 3.8) is 0 Å². The quantitative estimate of drug-likeness (QED) is 0.724. The number of carbonyl (C=O) groups excluding carboxylic acids is 1. The Hall–Kier alpha value is -3.11. The molecule has 0 aliphatic rings. The number of rotatable bonds is 4. The molecule has 0 unspecified atom stereocenters. The third kappa shape index (κ3) is 3.54. The molecule has 0 fully saturated rings. The zero-order valence-electron chi connectivity index (χ0n) is 13.2. The summed E-state index contributed by atoms with van der Waals surface area (Å²) in [6.07, 6.45) is 5.51. The third-order valence-electron chi connectivity index (χ3n) is 3.54. The van der Waals surface area contributed by atoms with Crippen molar-refractivity contribution in [2.45, 2.75) is 5.16 Å². The molecule has 1 N–H and O–H groups in total. The molecular formula is C18H13FN4OS. The van der Waals surface area contributed by atoms with E-state index in [2.05, 4.69) is 10.3 Å². The predicted molar refractivity (Wildman–Crippen MR) is 94.4 cm³/mol. The van der Waals surface area contributed by atoms with Gasteiger partial charge in [-0.15, -0.1) is 0 Å². The van der Waals surface area contributed by atoms with Gasteiger partial charge in [0.25, 0.3) is 5.91 Å². The maximum absolute atomic E-state index is 13.3. The normalized spacial score (nSPS) is 10.3. The molecule has 25 heavy (non-hydrogen) atoms. The van der Waals surface area contributed by atoms with Crippen molar-refractivity contribution in [1.82, 2.24) is 9.55 Å². The summed E-state index contributed by atoms with van der Waals surface area (Å²) in [5.74, 6) is -0.951. The van der Waals surface area contributed by atoms with Crippen molar-refractivity contribution in [2.75, 3.05) is 11.6 Å². The molecule has 0 aliphatic carbocycles. The van der Waals surface area contributed by atoms with Crippen molar-refractivity contribution >= 4 is 23.4 Å². The maximum Gasteiger partial charge on any atom is 0.255 e. The second kappa shape index (κ2) is 7.20. The Labute approximate surface area is 148 Å². The minimum Gasteiger partial charge on any atom is -0.322 e. The Morgan fingerprint density at radius 1 is 1.28 bits per heavy atom. The van der Waals surface area contributed by atoms with Crippen LogP contribution in [0.4, 0.5) is 10.1 Å². The van der Waals surface area contributed by atoms with Gasteiger partial charge in [0, 0.05) is 29.3 Å². The second-order valence-corrected chi connectivity index (χ2v) is 5.86. The largest absolute Gasteiger partial charge is 0.322 e. The van der Waals surface area contributed by atoms with Crippen LogP contribution < -0.4 is 5.32 Å². The molecule has 1 heterocycles. The van der Waals surface area contributed by atoms with Crippen LogP contribution in [0.5, 0.6) is 0 Å². The van der Waals surface area contributed by atoms with Gasteiger partial charge in [-0.05, 0) is 48.7 Å². The maximum atomic E-state index is 13.3. The molecule has 0 spiro atoms. The van der Waals surface area contributed by atoms with Crippen LogP contribution in [0.25, 0.3) is 5.69 Å². The van der Waals surface area contributed by atoms with E-state index in [0.29, 0.717) is 11.3 Å². The first-order chi connectivity index (χ1) is 12.1. The Bertz CT molecular complexity index is 960. The highest BCUT2D eigenvalue weighted by atomic mass is 32.2. The fourth-order valence-electron chi connectivity index (χ4n) is 2.30. The molecule has 2 aromatic carbocycles. The lowest BCUT2D eigenvalue weighted by Gasteiger charge is -2.08. The van der Waals surface area contributed by atoms with Crippen molar-refractivity contribution in [2.24, 2.45) is 0 Å². The number of thioether (sulfide) groups is 1. The van der Waals surface area contributed by atoms with Gasteiger partial charge in [0.1, 0.15) is 11.9 Å². The number of nitriles is 1. The van der Waals surface area contributed by atoms with Gasteiger partial charge in [0.2, 0.25) is 0 Å². The number of amides is 1. The lowest BCUT2D eigenvalue weighted by atomic mass is 10.1. The van der Waals surface area contributed by atoms with Crippen LogP contribution in [0.2, 0.25) is 0 Å². The number of aromatic nitrogens is 2. The molecule has 0 bridgehead atoms. The van der Waals surface area contributed by atoms with Crippen LogP contribution >= 0.6 is 11.8 Å². The van der Waals surface area contributed by atoms with Gasteiger partial charge in [0.15, 0.2) is 5.16 Å². The Morgan fingerprint density at radius 2 is 2.04 bits per heavy atom. The van der Waals surface area contributed by atoms with E-state index in [9.17, 15) is 9.18 Å². The van der Waals surface area contributed by atoms with Gasteiger partial charge in [0.05, 0.1) is 5.56 Å². The van der Waals surface area contributed by atoms with E-state index in [4.69, 9.17) is 5.26 Å². The molecule has 0 radical (unpaired) electrons. The van der Waals surface area contributed by atoms with Crippen molar-refractivity contribution in [1.29, 1.82) is 5.26 Å². The van der Waals surface area contributed by atoms with E-state index in [1.807, 2.05) is 29.2 Å². The fraction of sp³-hybridized carbons (Fsp3) is 0.0556. The molecular weight excluding hydrogens is 339 g/mol. The standard InChI is InChI=1S/C18H13FN4OS/c1-25-18-21-8-9-23(18)15-5-2-12(3-6-15)17(24)22-14-4-7-16(19)13(10-14)11-20/h2-10H,1H3,(H,22,24). The van der Waals surface area contributed by atoms with Crippen LogP contribution in [0, 0.1) is 17.1 Å². The van der Waals surface area contributed by atoms with Crippen LogP contribution in [-0.2, 0) is 0 Å². The molecule has 5 nitrogen and oxygen atoms in total. The number of benzene rings is 2. The molecule has 0 aliphatic heterocycles. The highest BCUT2D eigenvalue weighted by Gasteiger charge is 2.10. The van der Waals surface area contributed by atoms with E-state index < -0.39 is 5.82 Å². The molecule has 1 aromatic heterocycles. The molecule has 1 amide bonds. The Kier molecular flexibility index (Phi) is 4.82. The smallest absolute Gasteiger partial charge is 0.255 e. The van der Waals surface area contributed by atoms with Crippen molar-refractivity contribution in [3.05, 3.63) is 71.8 Å². The number of carbonyl (C=O) groups is 1. The molecule has 7 heteroatoms. The van der Waals surface area contributed by atoms with Crippen LogP contribution in [0.15, 0.2) is 60.0 Å². The lowest BCUT2D eigenvalue weighted by Crippen LogP contribution is -2.12. The van der Waals surface area contributed by atoms with Gasteiger partial charge in [-0.1, -0.05) is 11.8 Å². The van der Waals surface area contributed by atoms with E-state index in [1.165, 1.54) is 23.9 Å². The summed E-state index contributed by atoms with van der Waals surface area (Å²) in [7, 11) is 0. The van der Waals surface area contributed by atoms with Crippen LogP contribution in [0.3, 0.4) is 0 Å². The highest BCUT2D eigenvalue weighted by Crippen LogP contribution is 2.19. The molecule has 0 saturated carbocycles. The van der Waals surface area contributed by atoms with E-state index >= 15 is 0 Å². The van der Waals surface area contributed by atoms with Gasteiger partial charge in [-0.3, -0.25) is 9.36 Å². The summed E-state index contributed by atoms with van der Waals surface area (Å²) in [5.41, 5.74) is 1.61. The highest BCUT2D eigenvalue weighted by molar-refractivity contribution is 7.98. The number of hydrogen-bond donors (Lipinski definition) is 1. The third-order valence-corrected chi connectivity index (χ3v) is 4.21. The topological polar surface area (TPSA) is 70.7 Å². The van der Waals surface area contributed by atoms with Gasteiger partial charge in [-0.25, -0.2) is 9.37 Å². The Balaban J connectivity index is 1.78. The first-order valence-corrected chi connectivity index (χ1v) is 8.53. The van der Waals surface area contributed by atoms with E-state index in [1.54, 1.807) is 24.4 Å². The van der Waals surface area contributed by atoms with Gasteiger partial charge in [-0.2, -0.15) is 5.26 Å². The SMILES string of the molecule is CSc1nccn1-c1ccc(C(=O)Nc2ccc(F)c(C#N)c2)cc1. The van der Waals surface area contributed by atoms with Crippen molar-refractivity contribution < 1.29 is 9.18 Å². The number of nitrogens with zero attached hydrogens (tertiary/aromatic N) is 3. The number of halogens is 1. The minimum atomic E-state index is -0.616. The molecule has 3 aromatic rings. The summed E-state index contributed by atoms with van der Waals surface area (Å²) < 4.78 is 15.2. The average molecular weight is 352 g/mol. The fourth-order valence-corrected chi connectivity index (χ4v) is 2.83. The summed E-state index contributed by atoms with van der Waals surface area (Å²) >= 11 is 1.53. The second-order valence-electron chi connectivity index (χ2n) is 5.09. The lowest BCUT2D eigenvalue weighted by molar-refractivity contribution is 0.102. The zero-order valence-corrected chi connectivity index (χ0v) is 14.0. The van der Waals surface area contributed by atoms with Crippen molar-refractivity contribution in [3.8, 4) is 11.8 Å². The van der Waals surface area contributed by atoms with Gasteiger partial charge >= 0.3 is 0 Å². The summed E-state index contributed by atoms with van der Waals surface area (Å²) in [6.45, 7) is 0. The number of hydrogen-bond acceptors (Lipinski definition) is 4. The molecule has 124 valence electrons. The first kappa shape index (κ1) is 16.7. The number of nitrogens with one attached hydrogen (secondary N) is 1. The Morgan fingerprint density at radius 3 is 2.72 bits per heavy atom. The van der Waals surface area contributed by atoms with Crippen LogP contribution in [0.1, 0.15) is 15.9 Å². The molecule has 0 saturated heterocycles. The monoisotopic (exact) mass is 352 g/mol. The predicted octanol–water partition coefficient (Wildman–Crippen LogP) is 3.86. The average Bonchev–Trinajstić information content (AvgIpc) is 3.12. The minimum absolute atomic E-state index is 0.113.